The van der Waals surface area contributed by atoms with E-state index in [9.17, 15) is 34.8 Å². The van der Waals surface area contributed by atoms with Crippen LogP contribution in [0.5, 0.6) is 0 Å². The number of carbonyl (C=O) groups excluding carboxylic acids is 3. The van der Waals surface area contributed by atoms with E-state index in [1.165, 1.54) is 28.1 Å². The van der Waals surface area contributed by atoms with Crippen LogP contribution in [-0.2, 0) is 54.0 Å². The average Bonchev–Trinajstić information content (AvgIpc) is 3.66. The standard InChI is InChI=1S/C50H79N3O15/c1-26-24-49(9,62-14)45(68-47-40(56)34(53(11)12)22-27(2)63-47)29(4)41(67-38-25-48(8,61-13)44(58)32(7)64-38)30(5)46(59)65-35(50(10,60)43(57)28(3)39(26)55)20-21-51-36(54)23-37-52-31(6)42(66-37)33-18-16-15-17-19-33/h15-19,26-30,32,34-35,38,40-41,43-45,47,56-58,60H,20-25H2,1-14H3,(H,51,54)/t26-,27?,28+,29+,30-,32?,34?,35-,38?,40?,41+,43-,44?,45-,47?,48?,49-,50-/m1/s1. The van der Waals surface area contributed by atoms with Crippen LogP contribution in [0.15, 0.2) is 34.7 Å². The van der Waals surface area contributed by atoms with Crippen molar-refractivity contribution in [3.63, 3.8) is 0 Å². The number of aliphatic hydroxyl groups is 4. The van der Waals surface area contributed by atoms with Crippen molar-refractivity contribution in [3.05, 3.63) is 41.9 Å². The number of ether oxygens (including phenoxy) is 7. The number of aliphatic hydroxyl groups excluding tert-OH is 3. The normalized spacial score (nSPS) is 40.1. The lowest BCUT2D eigenvalue weighted by Gasteiger charge is -2.50. The highest BCUT2D eigenvalue weighted by atomic mass is 16.7. The number of aromatic nitrogens is 1. The van der Waals surface area contributed by atoms with Crippen molar-refractivity contribution in [2.24, 2.45) is 23.7 Å². The summed E-state index contributed by atoms with van der Waals surface area (Å²) in [6.45, 7) is 16.7. The summed E-state index contributed by atoms with van der Waals surface area (Å²) in [7, 11) is 6.69. The van der Waals surface area contributed by atoms with Crippen molar-refractivity contribution in [1.29, 1.82) is 0 Å². The van der Waals surface area contributed by atoms with Crippen LogP contribution in [0.2, 0.25) is 0 Å². The Kier molecular flexibility index (Phi) is 18.6. The number of amides is 1. The van der Waals surface area contributed by atoms with Crippen molar-refractivity contribution in [2.45, 2.75) is 186 Å². The summed E-state index contributed by atoms with van der Waals surface area (Å²) in [4.78, 5) is 48.8. The molecule has 18 heteroatoms. The van der Waals surface area contributed by atoms with Gasteiger partial charge in [0.05, 0.1) is 53.3 Å². The highest BCUT2D eigenvalue weighted by molar-refractivity contribution is 5.83. The number of esters is 1. The lowest BCUT2D eigenvalue weighted by molar-refractivity contribution is -0.319. The van der Waals surface area contributed by atoms with Gasteiger partial charge in [0.1, 0.15) is 36.1 Å². The number of oxazole rings is 1. The maximum atomic E-state index is 14.8. The van der Waals surface area contributed by atoms with Crippen LogP contribution in [-0.4, -0.2) is 167 Å². The second-order valence-electron chi connectivity index (χ2n) is 20.4. The fourth-order valence-corrected chi connectivity index (χ4v) is 10.4. The minimum Gasteiger partial charge on any atom is -0.459 e. The molecule has 2 aromatic rings. The summed E-state index contributed by atoms with van der Waals surface area (Å²) < 4.78 is 50.5. The van der Waals surface area contributed by atoms with Gasteiger partial charge in [0.2, 0.25) is 11.8 Å². The molecule has 5 rings (SSSR count). The quantitative estimate of drug-likeness (QED) is 0.180. The largest absolute Gasteiger partial charge is 0.459 e. The molecule has 3 aliphatic heterocycles. The van der Waals surface area contributed by atoms with Crippen molar-refractivity contribution >= 4 is 17.7 Å². The number of cyclic esters (lactones) is 1. The Balaban J connectivity index is 1.52. The van der Waals surface area contributed by atoms with E-state index in [-0.39, 0.29) is 50.3 Å². The summed E-state index contributed by atoms with van der Waals surface area (Å²) in [5, 5.41) is 49.8. The molecule has 68 heavy (non-hydrogen) atoms. The average molecular weight is 962 g/mol. The Bertz CT molecular complexity index is 1980. The van der Waals surface area contributed by atoms with Gasteiger partial charge in [-0.2, -0.15) is 0 Å². The molecule has 0 bridgehead atoms. The van der Waals surface area contributed by atoms with Crippen molar-refractivity contribution < 1.29 is 72.4 Å². The Morgan fingerprint density at radius 1 is 0.897 bits per heavy atom. The van der Waals surface area contributed by atoms with Gasteiger partial charge in [-0.1, -0.05) is 51.1 Å². The molecule has 3 aliphatic rings. The predicted octanol–water partition coefficient (Wildman–Crippen LogP) is 3.74. The first-order valence-electron chi connectivity index (χ1n) is 24.0. The van der Waals surface area contributed by atoms with E-state index in [4.69, 9.17) is 37.6 Å². The Labute approximate surface area is 401 Å². The number of Topliss-reactive ketones (excluding diaryl/α,β-unsaturated/α-hetero) is 1. The van der Waals surface area contributed by atoms with Gasteiger partial charge in [0.25, 0.3) is 0 Å². The van der Waals surface area contributed by atoms with Gasteiger partial charge in [-0.25, -0.2) is 4.98 Å². The molecule has 18 atom stereocenters. The van der Waals surface area contributed by atoms with Crippen molar-refractivity contribution in [3.8, 4) is 11.3 Å². The molecule has 384 valence electrons. The summed E-state index contributed by atoms with van der Waals surface area (Å²) in [5.41, 5.74) is -3.22. The molecule has 0 aliphatic carbocycles. The topological polar surface area (TPSA) is 238 Å². The van der Waals surface area contributed by atoms with E-state index in [0.29, 0.717) is 17.9 Å². The Morgan fingerprint density at radius 3 is 2.16 bits per heavy atom. The van der Waals surface area contributed by atoms with Crippen LogP contribution < -0.4 is 5.32 Å². The molecule has 1 amide bonds. The molecule has 3 fully saturated rings. The second kappa shape index (κ2) is 22.8. The molecule has 0 saturated carbocycles. The van der Waals surface area contributed by atoms with E-state index in [1.54, 1.807) is 48.5 Å². The molecule has 4 heterocycles. The zero-order valence-corrected chi connectivity index (χ0v) is 42.5. The van der Waals surface area contributed by atoms with Crippen molar-refractivity contribution in [2.75, 3.05) is 34.9 Å². The molecule has 18 nitrogen and oxygen atoms in total. The van der Waals surface area contributed by atoms with Crippen LogP contribution in [0.25, 0.3) is 11.3 Å². The molecule has 1 aromatic carbocycles. The minimum atomic E-state index is -2.21. The van der Waals surface area contributed by atoms with Gasteiger partial charge in [-0.3, -0.25) is 14.4 Å². The Hall–Kier alpha value is -3.40. The van der Waals surface area contributed by atoms with Gasteiger partial charge in [-0.15, -0.1) is 0 Å². The van der Waals surface area contributed by atoms with Crippen LogP contribution >= 0.6 is 0 Å². The molecule has 1 aromatic heterocycles. The van der Waals surface area contributed by atoms with Gasteiger partial charge < -0.3 is 68.2 Å². The van der Waals surface area contributed by atoms with Crippen LogP contribution in [0.4, 0.5) is 0 Å². The summed E-state index contributed by atoms with van der Waals surface area (Å²) >= 11 is 0. The molecular weight excluding hydrogens is 883 g/mol. The highest BCUT2D eigenvalue weighted by Gasteiger charge is 2.54. The summed E-state index contributed by atoms with van der Waals surface area (Å²) in [6, 6.07) is 9.05. The van der Waals surface area contributed by atoms with Crippen molar-refractivity contribution in [1.82, 2.24) is 15.2 Å². The number of nitrogens with one attached hydrogen (secondary N) is 1. The molecular formula is C50H79N3O15. The smallest absolute Gasteiger partial charge is 0.311 e. The zero-order chi connectivity index (χ0) is 50.6. The predicted molar refractivity (Wildman–Crippen MR) is 249 cm³/mol. The lowest BCUT2D eigenvalue weighted by Crippen LogP contribution is -2.61. The number of methoxy groups -OCH3 is 2. The first kappa shape index (κ1) is 55.5. The number of carbonyl (C=O) groups is 3. The number of rotatable bonds is 13. The minimum absolute atomic E-state index is 0.0365. The number of benzene rings is 1. The Morgan fingerprint density at radius 2 is 1.54 bits per heavy atom. The molecule has 3 saturated heterocycles. The van der Waals surface area contributed by atoms with Gasteiger partial charge in [0, 0.05) is 63.0 Å². The van der Waals surface area contributed by atoms with E-state index in [2.05, 4.69) is 10.3 Å². The number of nitrogens with zero attached hydrogens (tertiary/aromatic N) is 2. The molecule has 8 unspecified atom stereocenters. The van der Waals surface area contributed by atoms with Crippen LogP contribution in [0.1, 0.15) is 99.6 Å². The van der Waals surface area contributed by atoms with Gasteiger partial charge in [0.15, 0.2) is 18.3 Å². The van der Waals surface area contributed by atoms with Crippen LogP contribution in [0.3, 0.4) is 0 Å². The second-order valence-corrected chi connectivity index (χ2v) is 20.4. The first-order chi connectivity index (χ1) is 31.8. The third kappa shape index (κ3) is 12.4. The monoisotopic (exact) mass is 962 g/mol. The van der Waals surface area contributed by atoms with Gasteiger partial charge >= 0.3 is 5.97 Å². The molecule has 5 N–H and O–H groups in total. The maximum absolute atomic E-state index is 14.8. The summed E-state index contributed by atoms with van der Waals surface area (Å²) in [5.74, 6) is -4.90. The van der Waals surface area contributed by atoms with Crippen LogP contribution in [0, 0.1) is 30.6 Å². The summed E-state index contributed by atoms with van der Waals surface area (Å²) in [6.07, 6.45) is -10.5. The highest BCUT2D eigenvalue weighted by Crippen LogP contribution is 2.42. The molecule has 0 spiro atoms. The first-order valence-corrected chi connectivity index (χ1v) is 24.0. The van der Waals surface area contributed by atoms with E-state index < -0.39 is 113 Å². The number of aryl methyl sites for hydroxylation is 1. The fraction of sp³-hybridized carbons (Fsp3) is 0.760. The number of hydrogen-bond acceptors (Lipinski definition) is 17. The number of likely N-dealkylation sites (N-methyl/N-ethyl adjacent to an activating group) is 1. The van der Waals surface area contributed by atoms with E-state index >= 15 is 0 Å². The molecule has 0 radical (unpaired) electrons. The maximum Gasteiger partial charge on any atom is 0.311 e. The number of hydrogen-bond donors (Lipinski definition) is 5. The van der Waals surface area contributed by atoms with E-state index in [1.807, 2.05) is 56.3 Å². The SMILES string of the molecule is COC1(C)CC(O[C@H]2[C@H](C)[C@@H](OC3OC(C)CC(N(C)C)C3O)[C@](C)(OC)C[C@@H](C)C(=O)[C@H](C)[C@@H](O)[C@](C)(O)[C@@H](CCNC(=O)Cc3nc(C)c(-c4ccccc4)o3)OC(=O)[C@@H]2C)OC(C)C1O. The number of ketones is 1. The third-order valence-corrected chi connectivity index (χ3v) is 14.8. The van der Waals surface area contributed by atoms with E-state index in [0.717, 1.165) is 5.56 Å². The zero-order valence-electron chi connectivity index (χ0n) is 42.5. The van der Waals surface area contributed by atoms with Gasteiger partial charge in [-0.05, 0) is 75.4 Å². The third-order valence-electron chi connectivity index (χ3n) is 14.8. The fourth-order valence-electron chi connectivity index (χ4n) is 10.4. The lowest BCUT2D eigenvalue weighted by atomic mass is 9.73.